The molecule has 0 aromatic rings. The molecule has 0 saturated heterocycles. The van der Waals surface area contributed by atoms with Gasteiger partial charge in [0.25, 0.3) is 0 Å². The maximum absolute atomic E-state index is 2.56. The average Bonchev–Trinajstić information content (AvgIpc) is 2.19. The van der Waals surface area contributed by atoms with Crippen LogP contribution in [0.2, 0.25) is 0 Å². The Balaban J connectivity index is 2.53. The molecular weight excluding hydrogens is 168 g/mol. The summed E-state index contributed by atoms with van der Waals surface area (Å²) in [6.45, 7) is 7.24. The second kappa shape index (κ2) is 5.78. The van der Waals surface area contributed by atoms with Crippen molar-refractivity contribution in [2.45, 2.75) is 78.6 Å². The van der Waals surface area contributed by atoms with Crippen molar-refractivity contribution in [2.24, 2.45) is 11.3 Å². The van der Waals surface area contributed by atoms with E-state index in [0.29, 0.717) is 5.41 Å². The second-order valence-electron chi connectivity index (χ2n) is 5.49. The summed E-state index contributed by atoms with van der Waals surface area (Å²) in [7, 11) is 0. The number of hydrogen-bond acceptors (Lipinski definition) is 0. The molecule has 0 atom stereocenters. The Kier molecular flexibility index (Phi) is 4.98. The van der Waals surface area contributed by atoms with Crippen LogP contribution >= 0.6 is 0 Å². The predicted octanol–water partition coefficient (Wildman–Crippen LogP) is 5.17. The van der Waals surface area contributed by atoms with E-state index in [4.69, 9.17) is 0 Å². The molecule has 0 heterocycles. The lowest BCUT2D eigenvalue weighted by molar-refractivity contribution is 0.102. The van der Waals surface area contributed by atoms with Crippen LogP contribution in [-0.4, -0.2) is 0 Å². The van der Waals surface area contributed by atoms with E-state index in [-0.39, 0.29) is 0 Å². The Hall–Kier alpha value is 0. The fraction of sp³-hybridized carbons (Fsp3) is 1.00. The van der Waals surface area contributed by atoms with Crippen LogP contribution in [0, 0.1) is 11.3 Å². The van der Waals surface area contributed by atoms with Crippen molar-refractivity contribution in [3.8, 4) is 0 Å². The van der Waals surface area contributed by atoms with E-state index in [0.717, 1.165) is 5.92 Å². The summed E-state index contributed by atoms with van der Waals surface area (Å²) in [5.74, 6) is 1.01. The fourth-order valence-electron chi connectivity index (χ4n) is 3.31. The molecule has 1 saturated carbocycles. The van der Waals surface area contributed by atoms with Crippen molar-refractivity contribution in [2.75, 3.05) is 0 Å². The molecule has 1 fully saturated rings. The molecule has 1 aliphatic rings. The van der Waals surface area contributed by atoms with Crippen molar-refractivity contribution >= 4 is 0 Å². The van der Waals surface area contributed by atoms with Gasteiger partial charge in [0.1, 0.15) is 0 Å². The highest BCUT2D eigenvalue weighted by Gasteiger charge is 2.33. The van der Waals surface area contributed by atoms with Crippen LogP contribution in [0.1, 0.15) is 78.6 Å². The van der Waals surface area contributed by atoms with Gasteiger partial charge < -0.3 is 0 Å². The zero-order chi connectivity index (χ0) is 10.4. The largest absolute Gasteiger partial charge is 0.0654 e. The van der Waals surface area contributed by atoms with Crippen LogP contribution in [0.15, 0.2) is 0 Å². The molecule has 1 rings (SSSR count). The molecule has 0 aromatic carbocycles. The molecule has 0 radical (unpaired) electrons. The molecule has 1 aliphatic carbocycles. The van der Waals surface area contributed by atoms with Gasteiger partial charge in [-0.2, -0.15) is 0 Å². The fourth-order valence-corrected chi connectivity index (χ4v) is 3.31. The summed E-state index contributed by atoms with van der Waals surface area (Å²) >= 11 is 0. The van der Waals surface area contributed by atoms with Crippen molar-refractivity contribution < 1.29 is 0 Å². The second-order valence-corrected chi connectivity index (χ2v) is 5.49. The first-order valence-corrected chi connectivity index (χ1v) is 6.73. The van der Waals surface area contributed by atoms with Crippen LogP contribution < -0.4 is 0 Å². The van der Waals surface area contributed by atoms with Crippen molar-refractivity contribution in [1.82, 2.24) is 0 Å². The Labute approximate surface area is 90.5 Å². The summed E-state index contributed by atoms with van der Waals surface area (Å²) in [6, 6.07) is 0. The summed E-state index contributed by atoms with van der Waals surface area (Å²) in [5.41, 5.74) is 0.699. The highest BCUT2D eigenvalue weighted by atomic mass is 14.4. The Morgan fingerprint density at radius 1 is 0.929 bits per heavy atom. The zero-order valence-corrected chi connectivity index (χ0v) is 10.4. The third-order valence-corrected chi connectivity index (χ3v) is 4.26. The molecule has 0 bridgehead atoms. The van der Waals surface area contributed by atoms with Gasteiger partial charge in [0.15, 0.2) is 0 Å². The minimum absolute atomic E-state index is 0.699. The molecule has 0 aliphatic heterocycles. The van der Waals surface area contributed by atoms with E-state index in [9.17, 15) is 0 Å². The molecule has 0 heteroatoms. The monoisotopic (exact) mass is 196 g/mol. The van der Waals surface area contributed by atoms with E-state index in [1.54, 1.807) is 0 Å². The molecule has 0 nitrogen and oxygen atoms in total. The van der Waals surface area contributed by atoms with Crippen LogP contribution in [0.5, 0.6) is 0 Å². The molecule has 0 unspecified atom stereocenters. The maximum atomic E-state index is 2.56. The van der Waals surface area contributed by atoms with Gasteiger partial charge in [-0.25, -0.2) is 0 Å². The highest BCUT2D eigenvalue weighted by Crippen LogP contribution is 2.45. The molecule has 0 aromatic heterocycles. The lowest BCUT2D eigenvalue weighted by Crippen LogP contribution is -2.29. The molecular formula is C14H28. The van der Waals surface area contributed by atoms with Crippen LogP contribution in [0.3, 0.4) is 0 Å². The molecule has 0 spiro atoms. The minimum Gasteiger partial charge on any atom is -0.0654 e. The van der Waals surface area contributed by atoms with Crippen LogP contribution in [-0.2, 0) is 0 Å². The molecule has 0 N–H and O–H groups in total. The van der Waals surface area contributed by atoms with E-state index >= 15 is 0 Å². The Bertz CT molecular complexity index is 136. The zero-order valence-electron chi connectivity index (χ0n) is 10.4. The lowest BCUT2D eigenvalue weighted by Gasteiger charge is -2.41. The quantitative estimate of drug-likeness (QED) is 0.569. The molecule has 84 valence electrons. The van der Waals surface area contributed by atoms with E-state index in [1.165, 1.54) is 57.8 Å². The number of rotatable bonds is 5. The van der Waals surface area contributed by atoms with Gasteiger partial charge in [-0.1, -0.05) is 65.7 Å². The smallest absolute Gasteiger partial charge is 0.0298 e. The lowest BCUT2D eigenvalue weighted by atomic mass is 9.64. The van der Waals surface area contributed by atoms with E-state index in [1.807, 2.05) is 0 Å². The third kappa shape index (κ3) is 3.00. The summed E-state index contributed by atoms with van der Waals surface area (Å²) in [5, 5.41) is 0. The topological polar surface area (TPSA) is 0 Å². The van der Waals surface area contributed by atoms with E-state index in [2.05, 4.69) is 20.8 Å². The Morgan fingerprint density at radius 3 is 1.86 bits per heavy atom. The SMILES string of the molecule is CCCC(CCC)C1(C)CCCCC1. The van der Waals surface area contributed by atoms with Crippen LogP contribution in [0.25, 0.3) is 0 Å². The first-order chi connectivity index (χ1) is 6.73. The molecule has 14 heavy (non-hydrogen) atoms. The van der Waals surface area contributed by atoms with Gasteiger partial charge in [-0.3, -0.25) is 0 Å². The van der Waals surface area contributed by atoms with Crippen molar-refractivity contribution in [3.05, 3.63) is 0 Å². The van der Waals surface area contributed by atoms with E-state index < -0.39 is 0 Å². The van der Waals surface area contributed by atoms with Gasteiger partial charge in [0.05, 0.1) is 0 Å². The Morgan fingerprint density at radius 2 is 1.43 bits per heavy atom. The normalized spacial score (nSPS) is 21.4. The summed E-state index contributed by atoms with van der Waals surface area (Å²) < 4.78 is 0. The molecule has 0 amide bonds. The van der Waals surface area contributed by atoms with Crippen molar-refractivity contribution in [3.63, 3.8) is 0 Å². The van der Waals surface area contributed by atoms with Gasteiger partial charge in [0, 0.05) is 0 Å². The van der Waals surface area contributed by atoms with Crippen molar-refractivity contribution in [1.29, 1.82) is 0 Å². The summed E-state index contributed by atoms with van der Waals surface area (Å²) in [4.78, 5) is 0. The van der Waals surface area contributed by atoms with Gasteiger partial charge >= 0.3 is 0 Å². The van der Waals surface area contributed by atoms with Gasteiger partial charge in [-0.05, 0) is 24.2 Å². The average molecular weight is 196 g/mol. The highest BCUT2D eigenvalue weighted by molar-refractivity contribution is 4.84. The first kappa shape index (κ1) is 12.1. The standard InChI is InChI=1S/C14H28/c1-4-9-13(10-5-2)14(3)11-7-6-8-12-14/h13H,4-12H2,1-3H3. The van der Waals surface area contributed by atoms with Gasteiger partial charge in [0.2, 0.25) is 0 Å². The first-order valence-electron chi connectivity index (χ1n) is 6.73. The predicted molar refractivity (Wildman–Crippen MR) is 64.5 cm³/mol. The van der Waals surface area contributed by atoms with Crippen LogP contribution in [0.4, 0.5) is 0 Å². The minimum atomic E-state index is 0.699. The van der Waals surface area contributed by atoms with Gasteiger partial charge in [-0.15, -0.1) is 0 Å². The maximum Gasteiger partial charge on any atom is -0.0298 e. The third-order valence-electron chi connectivity index (χ3n) is 4.26. The number of hydrogen-bond donors (Lipinski definition) is 0. The summed E-state index contributed by atoms with van der Waals surface area (Å²) in [6.07, 6.45) is 13.1.